The Morgan fingerprint density at radius 1 is 0.391 bits per heavy atom. The Morgan fingerprint density at radius 2 is 0.710 bits per heavy atom. The molecule has 360 valence electrons. The first kappa shape index (κ1) is 51.4. The van der Waals surface area contributed by atoms with E-state index in [2.05, 4.69) is 34.3 Å². The molecule has 0 amide bonds. The molecule has 0 bridgehead atoms. The van der Waals surface area contributed by atoms with Crippen LogP contribution >= 0.6 is 0 Å². The van der Waals surface area contributed by atoms with E-state index in [0.29, 0.717) is 47.1 Å². The molecular formula is C58H66N4O7. The van der Waals surface area contributed by atoms with Crippen molar-refractivity contribution in [1.29, 1.82) is 0 Å². The molecule has 69 heavy (non-hydrogen) atoms. The topological polar surface area (TPSA) is 130 Å². The SMILES string of the molecule is CCCCCCCCOc1ccc(N=Nc2ccc(C(=O)O[C@@H](COC[C@H](OC(=O)c3ccc(N=Nc4ccc(OCCCCCCCC)cc4)cc3)c3ccccc3)c3ccccc3)cc2)cc1. The van der Waals surface area contributed by atoms with Crippen molar-refractivity contribution in [3.8, 4) is 11.5 Å². The highest BCUT2D eigenvalue weighted by atomic mass is 16.6. The highest BCUT2D eigenvalue weighted by Crippen LogP contribution is 2.27. The van der Waals surface area contributed by atoms with Crippen molar-refractivity contribution in [2.24, 2.45) is 20.5 Å². The molecule has 0 saturated carbocycles. The number of ether oxygens (including phenoxy) is 5. The predicted octanol–water partition coefficient (Wildman–Crippen LogP) is 16.5. The van der Waals surface area contributed by atoms with E-state index in [4.69, 9.17) is 23.7 Å². The Labute approximate surface area is 408 Å². The molecule has 0 aliphatic carbocycles. The third kappa shape index (κ3) is 18.6. The molecule has 6 rings (SSSR count). The van der Waals surface area contributed by atoms with Crippen LogP contribution in [0.1, 0.15) is 135 Å². The average Bonchev–Trinajstić information content (AvgIpc) is 3.40. The Morgan fingerprint density at radius 3 is 1.06 bits per heavy atom. The molecule has 0 aliphatic heterocycles. The van der Waals surface area contributed by atoms with Gasteiger partial charge >= 0.3 is 11.9 Å². The second kappa shape index (κ2) is 29.7. The maximum absolute atomic E-state index is 13.5. The van der Waals surface area contributed by atoms with E-state index >= 15 is 0 Å². The van der Waals surface area contributed by atoms with Crippen LogP contribution in [0.2, 0.25) is 0 Å². The zero-order valence-electron chi connectivity index (χ0n) is 40.1. The summed E-state index contributed by atoms with van der Waals surface area (Å²) >= 11 is 0. The maximum atomic E-state index is 13.5. The maximum Gasteiger partial charge on any atom is 0.338 e. The van der Waals surface area contributed by atoms with Gasteiger partial charge in [-0.25, -0.2) is 9.59 Å². The number of esters is 2. The van der Waals surface area contributed by atoms with E-state index < -0.39 is 24.1 Å². The van der Waals surface area contributed by atoms with Gasteiger partial charge in [-0.1, -0.05) is 139 Å². The first-order valence-electron chi connectivity index (χ1n) is 24.6. The van der Waals surface area contributed by atoms with E-state index in [-0.39, 0.29) is 13.2 Å². The fraction of sp³-hybridized carbons (Fsp3) is 0.345. The Balaban J connectivity index is 0.987. The van der Waals surface area contributed by atoms with E-state index in [9.17, 15) is 9.59 Å². The molecule has 6 aromatic rings. The molecule has 0 aromatic heterocycles. The normalized spacial score (nSPS) is 12.2. The van der Waals surface area contributed by atoms with E-state index in [0.717, 1.165) is 35.5 Å². The lowest BCUT2D eigenvalue weighted by Gasteiger charge is -2.22. The summed E-state index contributed by atoms with van der Waals surface area (Å²) in [6.45, 7) is 5.88. The van der Waals surface area contributed by atoms with Crippen LogP contribution in [0.3, 0.4) is 0 Å². The Kier molecular flexibility index (Phi) is 22.1. The van der Waals surface area contributed by atoms with Gasteiger partial charge in [-0.2, -0.15) is 20.5 Å². The fourth-order valence-electron chi connectivity index (χ4n) is 7.33. The molecule has 0 radical (unpaired) electrons. The Bertz CT molecular complexity index is 2260. The highest BCUT2D eigenvalue weighted by Gasteiger charge is 2.23. The molecule has 0 unspecified atom stereocenters. The minimum Gasteiger partial charge on any atom is -0.494 e. The molecule has 0 aliphatic rings. The zero-order valence-corrected chi connectivity index (χ0v) is 40.1. The summed E-state index contributed by atoms with van der Waals surface area (Å²) in [5.41, 5.74) is 4.76. The molecule has 2 atom stereocenters. The minimum absolute atomic E-state index is 0.0143. The molecule has 0 N–H and O–H groups in total. The van der Waals surface area contributed by atoms with Crippen molar-refractivity contribution in [2.45, 2.75) is 103 Å². The summed E-state index contributed by atoms with van der Waals surface area (Å²) in [6.07, 6.45) is 13.1. The molecular weight excluding hydrogens is 865 g/mol. The molecule has 0 heterocycles. The molecule has 0 saturated heterocycles. The second-order valence-corrected chi connectivity index (χ2v) is 16.9. The molecule has 0 fully saturated rings. The smallest absolute Gasteiger partial charge is 0.338 e. The van der Waals surface area contributed by atoms with Gasteiger partial charge in [-0.15, -0.1) is 0 Å². The third-order valence-electron chi connectivity index (χ3n) is 11.4. The van der Waals surface area contributed by atoms with Gasteiger partial charge in [0, 0.05) is 0 Å². The number of nitrogens with zero attached hydrogens (tertiary/aromatic N) is 4. The summed E-state index contributed by atoms with van der Waals surface area (Å²) in [5, 5.41) is 17.4. The van der Waals surface area contributed by atoms with Crippen molar-refractivity contribution < 1.29 is 33.3 Å². The molecule has 11 nitrogen and oxygen atoms in total. The molecule has 11 heteroatoms. The van der Waals surface area contributed by atoms with Crippen molar-refractivity contribution in [3.05, 3.63) is 180 Å². The van der Waals surface area contributed by atoms with Crippen molar-refractivity contribution in [2.75, 3.05) is 26.4 Å². The number of carbonyl (C=O) groups excluding carboxylic acids is 2. The quantitative estimate of drug-likeness (QED) is 0.0250. The number of hydrogen-bond donors (Lipinski definition) is 0. The van der Waals surface area contributed by atoms with Crippen LogP contribution in [-0.2, 0) is 14.2 Å². The number of benzene rings is 6. The van der Waals surface area contributed by atoms with E-state index in [1.807, 2.05) is 109 Å². The number of rotatable bonds is 30. The summed E-state index contributed by atoms with van der Waals surface area (Å²) in [5.74, 6) is 0.570. The largest absolute Gasteiger partial charge is 0.494 e. The lowest BCUT2D eigenvalue weighted by molar-refractivity contribution is -0.0363. The minimum atomic E-state index is -0.745. The lowest BCUT2D eigenvalue weighted by atomic mass is 10.1. The summed E-state index contributed by atoms with van der Waals surface area (Å²) in [6, 6.07) is 47.4. The van der Waals surface area contributed by atoms with Gasteiger partial charge in [0.15, 0.2) is 12.2 Å². The van der Waals surface area contributed by atoms with Crippen LogP contribution in [0.25, 0.3) is 0 Å². The third-order valence-corrected chi connectivity index (χ3v) is 11.4. The van der Waals surface area contributed by atoms with Crippen LogP contribution in [0.4, 0.5) is 22.7 Å². The lowest BCUT2D eigenvalue weighted by Crippen LogP contribution is -2.21. The number of hydrogen-bond acceptors (Lipinski definition) is 11. The van der Waals surface area contributed by atoms with Crippen LogP contribution in [-0.4, -0.2) is 38.4 Å². The zero-order chi connectivity index (χ0) is 48.1. The number of carbonyl (C=O) groups is 2. The van der Waals surface area contributed by atoms with Crippen LogP contribution in [0, 0.1) is 0 Å². The standard InChI is InChI=1S/C58H66N4O7/c1-3-5-7-9-11-19-41-66-53-37-33-51(34-38-53)61-59-49-29-25-47(26-30-49)57(63)68-55(45-21-15-13-16-22-45)43-65-44-56(46-23-17-14-18-24-46)69-58(64)48-27-31-50(32-28-48)60-62-52-35-39-54(40-36-52)67-42-20-12-10-8-6-4-2/h13-18,21-40,55-56H,3-12,19-20,41-44H2,1-2H3/t55-,56-/m0/s1. The summed E-state index contributed by atoms with van der Waals surface area (Å²) in [4.78, 5) is 27.0. The van der Waals surface area contributed by atoms with Crippen molar-refractivity contribution in [1.82, 2.24) is 0 Å². The van der Waals surface area contributed by atoms with Gasteiger partial charge in [0.2, 0.25) is 0 Å². The second-order valence-electron chi connectivity index (χ2n) is 16.9. The summed E-state index contributed by atoms with van der Waals surface area (Å²) in [7, 11) is 0. The van der Waals surface area contributed by atoms with Crippen LogP contribution < -0.4 is 9.47 Å². The fourth-order valence-corrected chi connectivity index (χ4v) is 7.33. The average molecular weight is 931 g/mol. The van der Waals surface area contributed by atoms with Gasteiger partial charge < -0.3 is 23.7 Å². The highest BCUT2D eigenvalue weighted by molar-refractivity contribution is 5.90. The first-order valence-corrected chi connectivity index (χ1v) is 24.6. The number of unbranched alkanes of at least 4 members (excludes halogenated alkanes) is 10. The molecule has 0 spiro atoms. The van der Waals surface area contributed by atoms with Crippen molar-refractivity contribution >= 4 is 34.7 Å². The summed E-state index contributed by atoms with van der Waals surface area (Å²) < 4.78 is 30.0. The monoisotopic (exact) mass is 930 g/mol. The van der Waals surface area contributed by atoms with Crippen LogP contribution in [0.5, 0.6) is 11.5 Å². The first-order chi connectivity index (χ1) is 34.0. The van der Waals surface area contributed by atoms with Gasteiger partial charge in [-0.05, 0) is 121 Å². The van der Waals surface area contributed by atoms with Gasteiger partial charge in [0.25, 0.3) is 0 Å². The van der Waals surface area contributed by atoms with E-state index in [1.54, 1.807) is 48.5 Å². The van der Waals surface area contributed by atoms with Gasteiger partial charge in [0.05, 0.1) is 60.3 Å². The van der Waals surface area contributed by atoms with Gasteiger partial charge in [-0.3, -0.25) is 0 Å². The number of azo groups is 2. The Hall–Kier alpha value is -6.98. The molecule has 6 aromatic carbocycles. The van der Waals surface area contributed by atoms with Crippen LogP contribution in [0.15, 0.2) is 178 Å². The predicted molar refractivity (Wildman–Crippen MR) is 272 cm³/mol. The van der Waals surface area contributed by atoms with E-state index in [1.165, 1.54) is 64.2 Å². The van der Waals surface area contributed by atoms with Gasteiger partial charge in [0.1, 0.15) is 11.5 Å². The van der Waals surface area contributed by atoms with Crippen molar-refractivity contribution in [3.63, 3.8) is 0 Å².